The standard InChI is InChI=1S/C18H14BrCl2N3O/c19-15-4-2-1-3-13(15)11-24-17(7-8-22-24)23-18(25)9-12-5-6-14(20)10-16(12)21/h1-8,10H,9,11H2,(H,23,25). The van der Waals surface area contributed by atoms with Crippen LogP contribution < -0.4 is 5.32 Å². The van der Waals surface area contributed by atoms with Gasteiger partial charge in [0.15, 0.2) is 0 Å². The van der Waals surface area contributed by atoms with Gasteiger partial charge in [0, 0.05) is 20.6 Å². The second-order valence-corrected chi connectivity index (χ2v) is 7.12. The van der Waals surface area contributed by atoms with Gasteiger partial charge in [0.2, 0.25) is 5.91 Å². The normalized spacial score (nSPS) is 10.7. The molecule has 0 atom stereocenters. The first-order valence-electron chi connectivity index (χ1n) is 7.52. The van der Waals surface area contributed by atoms with E-state index < -0.39 is 0 Å². The highest BCUT2D eigenvalue weighted by atomic mass is 79.9. The number of amides is 1. The molecule has 0 fully saturated rings. The molecule has 3 rings (SSSR count). The van der Waals surface area contributed by atoms with Crippen LogP contribution >= 0.6 is 39.1 Å². The SMILES string of the molecule is O=C(Cc1ccc(Cl)cc1Cl)Nc1ccnn1Cc1ccccc1Br. The Bertz CT molecular complexity index is 911. The van der Waals surface area contributed by atoms with Gasteiger partial charge < -0.3 is 5.32 Å². The average Bonchev–Trinajstić information content (AvgIpc) is 2.99. The minimum atomic E-state index is -0.168. The molecule has 0 aliphatic carbocycles. The van der Waals surface area contributed by atoms with Crippen LogP contribution in [0.4, 0.5) is 5.82 Å². The van der Waals surface area contributed by atoms with Crippen molar-refractivity contribution in [3.05, 3.63) is 80.4 Å². The molecule has 7 heteroatoms. The number of carbonyl (C=O) groups excluding carboxylic acids is 1. The minimum Gasteiger partial charge on any atom is -0.311 e. The van der Waals surface area contributed by atoms with Gasteiger partial charge in [-0.15, -0.1) is 0 Å². The van der Waals surface area contributed by atoms with E-state index in [0.29, 0.717) is 22.4 Å². The fraction of sp³-hybridized carbons (Fsp3) is 0.111. The topological polar surface area (TPSA) is 46.9 Å². The molecular weight excluding hydrogens is 425 g/mol. The molecule has 1 heterocycles. The quantitative estimate of drug-likeness (QED) is 0.596. The van der Waals surface area contributed by atoms with Crippen LogP contribution in [0, 0.1) is 0 Å². The Kier molecular flexibility index (Phi) is 5.78. The zero-order valence-corrected chi connectivity index (χ0v) is 16.1. The summed E-state index contributed by atoms with van der Waals surface area (Å²) >= 11 is 15.5. The summed E-state index contributed by atoms with van der Waals surface area (Å²) in [6.07, 6.45) is 1.82. The molecule has 128 valence electrons. The number of hydrogen-bond acceptors (Lipinski definition) is 2. The summed E-state index contributed by atoms with van der Waals surface area (Å²) < 4.78 is 2.73. The average molecular weight is 439 g/mol. The van der Waals surface area contributed by atoms with Crippen LogP contribution in [0.25, 0.3) is 0 Å². The second kappa shape index (κ2) is 8.04. The van der Waals surface area contributed by atoms with E-state index in [-0.39, 0.29) is 12.3 Å². The summed E-state index contributed by atoms with van der Waals surface area (Å²) in [4.78, 5) is 12.3. The predicted octanol–water partition coefficient (Wildman–Crippen LogP) is 5.18. The van der Waals surface area contributed by atoms with E-state index in [1.165, 1.54) is 0 Å². The molecule has 0 saturated heterocycles. The lowest BCUT2D eigenvalue weighted by molar-refractivity contribution is -0.115. The molecule has 0 bridgehead atoms. The molecular formula is C18H14BrCl2N3O. The maximum absolute atomic E-state index is 12.3. The van der Waals surface area contributed by atoms with E-state index in [4.69, 9.17) is 23.2 Å². The lowest BCUT2D eigenvalue weighted by Crippen LogP contribution is -2.18. The van der Waals surface area contributed by atoms with Crippen LogP contribution in [0.2, 0.25) is 10.0 Å². The van der Waals surface area contributed by atoms with Gasteiger partial charge >= 0.3 is 0 Å². The number of nitrogens with one attached hydrogen (secondary N) is 1. The molecule has 0 aliphatic heterocycles. The highest BCUT2D eigenvalue weighted by molar-refractivity contribution is 9.10. The monoisotopic (exact) mass is 437 g/mol. The Hall–Kier alpha value is -1.82. The van der Waals surface area contributed by atoms with Gasteiger partial charge in [0.1, 0.15) is 5.82 Å². The van der Waals surface area contributed by atoms with Crippen LogP contribution in [0.5, 0.6) is 0 Å². The summed E-state index contributed by atoms with van der Waals surface area (Å²) in [6, 6.07) is 14.8. The summed E-state index contributed by atoms with van der Waals surface area (Å²) in [5.41, 5.74) is 1.79. The molecule has 0 aliphatic rings. The van der Waals surface area contributed by atoms with E-state index in [0.717, 1.165) is 15.6 Å². The largest absolute Gasteiger partial charge is 0.311 e. The number of hydrogen-bond donors (Lipinski definition) is 1. The van der Waals surface area contributed by atoms with Gasteiger partial charge in [-0.2, -0.15) is 5.10 Å². The van der Waals surface area contributed by atoms with Crippen molar-refractivity contribution in [3.8, 4) is 0 Å². The molecule has 1 aromatic heterocycles. The molecule has 1 amide bonds. The third-order valence-corrected chi connectivity index (χ3v) is 4.99. The van der Waals surface area contributed by atoms with E-state index >= 15 is 0 Å². The van der Waals surface area contributed by atoms with Crippen molar-refractivity contribution in [2.75, 3.05) is 5.32 Å². The molecule has 0 spiro atoms. The number of benzene rings is 2. The molecule has 0 radical (unpaired) electrons. The number of nitrogens with zero attached hydrogens (tertiary/aromatic N) is 2. The molecule has 1 N–H and O–H groups in total. The summed E-state index contributed by atoms with van der Waals surface area (Å²) in [7, 11) is 0. The van der Waals surface area contributed by atoms with Crippen molar-refractivity contribution in [1.82, 2.24) is 9.78 Å². The van der Waals surface area contributed by atoms with Gasteiger partial charge in [0.25, 0.3) is 0 Å². The third-order valence-electron chi connectivity index (χ3n) is 3.63. The summed E-state index contributed by atoms with van der Waals surface area (Å²) in [5.74, 6) is 0.462. The highest BCUT2D eigenvalue weighted by Gasteiger charge is 2.11. The van der Waals surface area contributed by atoms with E-state index in [1.807, 2.05) is 24.3 Å². The molecule has 0 unspecified atom stereocenters. The van der Waals surface area contributed by atoms with Crippen molar-refractivity contribution in [2.45, 2.75) is 13.0 Å². The van der Waals surface area contributed by atoms with Crippen LogP contribution in [0.1, 0.15) is 11.1 Å². The van der Waals surface area contributed by atoms with Gasteiger partial charge in [-0.1, -0.05) is 63.4 Å². The van der Waals surface area contributed by atoms with Gasteiger partial charge in [-0.05, 0) is 29.3 Å². The molecule has 25 heavy (non-hydrogen) atoms. The van der Waals surface area contributed by atoms with Crippen LogP contribution in [-0.2, 0) is 17.8 Å². The lowest BCUT2D eigenvalue weighted by Gasteiger charge is -2.11. The van der Waals surface area contributed by atoms with Gasteiger partial charge in [0.05, 0.1) is 19.2 Å². The first-order valence-corrected chi connectivity index (χ1v) is 9.07. The zero-order chi connectivity index (χ0) is 17.8. The number of halogens is 3. The number of aromatic nitrogens is 2. The Morgan fingerprint density at radius 1 is 1.12 bits per heavy atom. The molecule has 3 aromatic rings. The first-order chi connectivity index (χ1) is 12.0. The fourth-order valence-electron chi connectivity index (χ4n) is 2.38. The Labute approximate surface area is 163 Å². The zero-order valence-electron chi connectivity index (χ0n) is 13.0. The maximum Gasteiger partial charge on any atom is 0.229 e. The number of carbonyl (C=O) groups is 1. The third kappa shape index (κ3) is 4.63. The highest BCUT2D eigenvalue weighted by Crippen LogP contribution is 2.22. The number of anilines is 1. The van der Waals surface area contributed by atoms with Crippen molar-refractivity contribution in [1.29, 1.82) is 0 Å². The number of rotatable bonds is 5. The van der Waals surface area contributed by atoms with Crippen molar-refractivity contribution < 1.29 is 4.79 Å². The van der Waals surface area contributed by atoms with Gasteiger partial charge in [-0.3, -0.25) is 4.79 Å². The van der Waals surface area contributed by atoms with Crippen LogP contribution in [-0.4, -0.2) is 15.7 Å². The van der Waals surface area contributed by atoms with Crippen molar-refractivity contribution >= 4 is 50.9 Å². The fourth-order valence-corrected chi connectivity index (χ4v) is 3.26. The van der Waals surface area contributed by atoms with Crippen LogP contribution in [0.15, 0.2) is 59.2 Å². The van der Waals surface area contributed by atoms with E-state index in [9.17, 15) is 4.79 Å². The second-order valence-electron chi connectivity index (χ2n) is 5.43. The van der Waals surface area contributed by atoms with E-state index in [1.54, 1.807) is 35.1 Å². The van der Waals surface area contributed by atoms with Gasteiger partial charge in [-0.25, -0.2) is 4.68 Å². The smallest absolute Gasteiger partial charge is 0.229 e. The Morgan fingerprint density at radius 3 is 2.68 bits per heavy atom. The van der Waals surface area contributed by atoms with E-state index in [2.05, 4.69) is 26.3 Å². The first kappa shape index (κ1) is 18.0. The Morgan fingerprint density at radius 2 is 1.92 bits per heavy atom. The molecule has 4 nitrogen and oxygen atoms in total. The minimum absolute atomic E-state index is 0.163. The molecule has 2 aromatic carbocycles. The summed E-state index contributed by atoms with van der Waals surface area (Å²) in [5, 5.41) is 8.17. The van der Waals surface area contributed by atoms with Crippen molar-refractivity contribution in [3.63, 3.8) is 0 Å². The van der Waals surface area contributed by atoms with Crippen LogP contribution in [0.3, 0.4) is 0 Å². The molecule has 0 saturated carbocycles. The predicted molar refractivity (Wildman–Crippen MR) is 104 cm³/mol. The maximum atomic E-state index is 12.3. The summed E-state index contributed by atoms with van der Waals surface area (Å²) in [6.45, 7) is 0.547. The lowest BCUT2D eigenvalue weighted by atomic mass is 10.1. The Balaban J connectivity index is 1.70. The van der Waals surface area contributed by atoms with Crippen molar-refractivity contribution in [2.24, 2.45) is 0 Å².